The SMILES string of the molecule is CC(C)=CCCC(C)C1CCC2C3=C(CCC21C)C(C)(CCC(C)O)C(C)CC3. The largest absolute Gasteiger partial charge is 0.393 e. The Morgan fingerprint density at radius 1 is 1.10 bits per heavy atom. The van der Waals surface area contributed by atoms with Gasteiger partial charge in [0.05, 0.1) is 6.10 Å². The third-order valence-electron chi connectivity index (χ3n) is 9.70. The van der Waals surface area contributed by atoms with Gasteiger partial charge in [0.25, 0.3) is 0 Å². The standard InChI is InChI=1S/C28H48O/c1-19(2)9-8-10-20(3)24-13-14-25-23-12-11-21(4)27(6,17-15-22(5)29)26(23)16-18-28(24,25)7/h9,20-22,24-25,29H,8,10-18H2,1-7H3. The molecule has 3 rings (SSSR count). The van der Waals surface area contributed by atoms with Gasteiger partial charge in [0.1, 0.15) is 0 Å². The minimum atomic E-state index is -0.170. The highest BCUT2D eigenvalue weighted by Crippen LogP contribution is 2.64. The zero-order valence-electron chi connectivity index (χ0n) is 20.5. The molecular weight excluding hydrogens is 352 g/mol. The highest BCUT2D eigenvalue weighted by atomic mass is 16.3. The van der Waals surface area contributed by atoms with E-state index in [-0.39, 0.29) is 6.10 Å². The van der Waals surface area contributed by atoms with Gasteiger partial charge in [-0.3, -0.25) is 0 Å². The summed E-state index contributed by atoms with van der Waals surface area (Å²) in [6.07, 6.45) is 15.3. The molecule has 3 aliphatic carbocycles. The van der Waals surface area contributed by atoms with Crippen LogP contribution in [0.15, 0.2) is 22.8 Å². The van der Waals surface area contributed by atoms with E-state index in [1.54, 1.807) is 0 Å². The fraction of sp³-hybridized carbons (Fsp3) is 0.857. The third-order valence-corrected chi connectivity index (χ3v) is 9.70. The van der Waals surface area contributed by atoms with Crippen LogP contribution in [0.1, 0.15) is 113 Å². The van der Waals surface area contributed by atoms with Crippen LogP contribution in [-0.2, 0) is 0 Å². The first-order chi connectivity index (χ1) is 13.6. The van der Waals surface area contributed by atoms with E-state index in [0.29, 0.717) is 10.8 Å². The van der Waals surface area contributed by atoms with Crippen LogP contribution in [0.3, 0.4) is 0 Å². The molecule has 0 saturated heterocycles. The quantitative estimate of drug-likeness (QED) is 0.428. The van der Waals surface area contributed by atoms with Gasteiger partial charge in [-0.2, -0.15) is 0 Å². The van der Waals surface area contributed by atoms with Crippen molar-refractivity contribution in [3.05, 3.63) is 22.8 Å². The number of allylic oxidation sites excluding steroid dienone is 4. The Bertz CT molecular complexity index is 637. The summed E-state index contributed by atoms with van der Waals surface area (Å²) in [4.78, 5) is 0. The molecule has 0 aliphatic heterocycles. The molecule has 1 nitrogen and oxygen atoms in total. The van der Waals surface area contributed by atoms with Gasteiger partial charge in [-0.05, 0) is 119 Å². The number of hydrogen-bond acceptors (Lipinski definition) is 1. The van der Waals surface area contributed by atoms with Crippen LogP contribution in [0, 0.1) is 34.5 Å². The minimum absolute atomic E-state index is 0.170. The number of aliphatic hydroxyl groups excluding tert-OH is 1. The Kier molecular flexibility index (Phi) is 7.09. The molecule has 1 saturated carbocycles. The number of hydrogen-bond donors (Lipinski definition) is 1. The summed E-state index contributed by atoms with van der Waals surface area (Å²) in [5.74, 6) is 3.33. The monoisotopic (exact) mass is 400 g/mol. The molecule has 166 valence electrons. The van der Waals surface area contributed by atoms with Gasteiger partial charge in [0, 0.05) is 0 Å². The molecule has 1 fully saturated rings. The van der Waals surface area contributed by atoms with Crippen LogP contribution in [0.2, 0.25) is 0 Å². The second kappa shape index (κ2) is 8.89. The molecule has 0 heterocycles. The van der Waals surface area contributed by atoms with Crippen molar-refractivity contribution in [3.63, 3.8) is 0 Å². The smallest absolute Gasteiger partial charge is 0.0512 e. The molecule has 0 bridgehead atoms. The van der Waals surface area contributed by atoms with E-state index in [0.717, 1.165) is 36.5 Å². The second-order valence-corrected chi connectivity index (χ2v) is 11.8. The van der Waals surface area contributed by atoms with E-state index in [4.69, 9.17) is 0 Å². The highest BCUT2D eigenvalue weighted by molar-refractivity contribution is 5.33. The molecule has 0 radical (unpaired) electrons. The van der Waals surface area contributed by atoms with Crippen molar-refractivity contribution in [2.45, 2.75) is 119 Å². The van der Waals surface area contributed by atoms with E-state index >= 15 is 0 Å². The van der Waals surface area contributed by atoms with E-state index in [2.05, 4.69) is 47.6 Å². The average Bonchev–Trinajstić information content (AvgIpc) is 3.00. The van der Waals surface area contributed by atoms with Crippen molar-refractivity contribution in [2.75, 3.05) is 0 Å². The Morgan fingerprint density at radius 2 is 1.83 bits per heavy atom. The number of rotatable bonds is 7. The summed E-state index contributed by atoms with van der Waals surface area (Å²) in [5, 5.41) is 9.95. The molecule has 29 heavy (non-hydrogen) atoms. The topological polar surface area (TPSA) is 20.2 Å². The van der Waals surface area contributed by atoms with E-state index < -0.39 is 0 Å². The van der Waals surface area contributed by atoms with Crippen LogP contribution >= 0.6 is 0 Å². The van der Waals surface area contributed by atoms with Crippen LogP contribution in [0.25, 0.3) is 0 Å². The molecule has 1 N–H and O–H groups in total. The van der Waals surface area contributed by atoms with Crippen LogP contribution in [0.5, 0.6) is 0 Å². The maximum absolute atomic E-state index is 9.95. The molecule has 0 spiro atoms. The maximum atomic E-state index is 9.95. The van der Waals surface area contributed by atoms with Crippen molar-refractivity contribution in [1.29, 1.82) is 0 Å². The zero-order chi connectivity index (χ0) is 21.4. The fourth-order valence-corrected chi connectivity index (χ4v) is 7.60. The van der Waals surface area contributed by atoms with Gasteiger partial charge in [0.2, 0.25) is 0 Å². The van der Waals surface area contributed by atoms with Crippen molar-refractivity contribution in [3.8, 4) is 0 Å². The van der Waals surface area contributed by atoms with E-state index in [1.165, 1.54) is 56.9 Å². The first-order valence-electron chi connectivity index (χ1n) is 12.6. The lowest BCUT2D eigenvalue weighted by molar-refractivity contribution is 0.0752. The van der Waals surface area contributed by atoms with Gasteiger partial charge in [-0.25, -0.2) is 0 Å². The van der Waals surface area contributed by atoms with Gasteiger partial charge in [0.15, 0.2) is 0 Å². The number of fused-ring (bicyclic) bond motifs is 2. The molecule has 1 heteroatoms. The summed E-state index contributed by atoms with van der Waals surface area (Å²) in [7, 11) is 0. The lowest BCUT2D eigenvalue weighted by Gasteiger charge is -2.52. The highest BCUT2D eigenvalue weighted by Gasteiger charge is 2.54. The molecular formula is C28H48O. The molecule has 0 aromatic heterocycles. The molecule has 0 aromatic carbocycles. The van der Waals surface area contributed by atoms with Crippen LogP contribution in [0.4, 0.5) is 0 Å². The van der Waals surface area contributed by atoms with Crippen molar-refractivity contribution < 1.29 is 5.11 Å². The minimum Gasteiger partial charge on any atom is -0.393 e. The van der Waals surface area contributed by atoms with Crippen LogP contribution < -0.4 is 0 Å². The Hall–Kier alpha value is -0.560. The average molecular weight is 401 g/mol. The van der Waals surface area contributed by atoms with Crippen molar-refractivity contribution in [1.82, 2.24) is 0 Å². The van der Waals surface area contributed by atoms with Gasteiger partial charge in [-0.1, -0.05) is 50.5 Å². The Labute approximate surface area is 181 Å². The summed E-state index contributed by atoms with van der Waals surface area (Å²) in [6, 6.07) is 0. The maximum Gasteiger partial charge on any atom is 0.0512 e. The Morgan fingerprint density at radius 3 is 2.48 bits per heavy atom. The Balaban J connectivity index is 1.81. The van der Waals surface area contributed by atoms with Gasteiger partial charge >= 0.3 is 0 Å². The van der Waals surface area contributed by atoms with Gasteiger partial charge < -0.3 is 5.11 Å². The summed E-state index contributed by atoms with van der Waals surface area (Å²) in [5.41, 5.74) is 6.02. The predicted molar refractivity (Wildman–Crippen MR) is 126 cm³/mol. The molecule has 0 amide bonds. The third kappa shape index (κ3) is 4.41. The number of aliphatic hydroxyl groups is 1. The molecule has 3 aliphatic rings. The zero-order valence-corrected chi connectivity index (χ0v) is 20.5. The predicted octanol–water partition coefficient (Wildman–Crippen LogP) is 8.09. The fourth-order valence-electron chi connectivity index (χ4n) is 7.60. The van der Waals surface area contributed by atoms with Gasteiger partial charge in [-0.15, -0.1) is 0 Å². The second-order valence-electron chi connectivity index (χ2n) is 11.8. The van der Waals surface area contributed by atoms with Crippen LogP contribution in [-0.4, -0.2) is 11.2 Å². The molecule has 7 atom stereocenters. The summed E-state index contributed by atoms with van der Waals surface area (Å²) in [6.45, 7) is 16.6. The first kappa shape index (κ1) is 23.1. The summed E-state index contributed by atoms with van der Waals surface area (Å²) < 4.78 is 0. The van der Waals surface area contributed by atoms with Crippen molar-refractivity contribution in [2.24, 2.45) is 34.5 Å². The van der Waals surface area contributed by atoms with E-state index in [9.17, 15) is 5.11 Å². The van der Waals surface area contributed by atoms with E-state index in [1.807, 2.05) is 18.1 Å². The lowest BCUT2D eigenvalue weighted by Crippen LogP contribution is -2.42. The normalized spacial score (nSPS) is 39.0. The first-order valence-corrected chi connectivity index (χ1v) is 12.6. The summed E-state index contributed by atoms with van der Waals surface area (Å²) >= 11 is 0. The molecule has 7 unspecified atom stereocenters. The van der Waals surface area contributed by atoms with Crippen molar-refractivity contribution >= 4 is 0 Å². The lowest BCUT2D eigenvalue weighted by atomic mass is 9.52. The molecule has 0 aromatic rings.